The van der Waals surface area contributed by atoms with Gasteiger partial charge in [0.05, 0.1) is 17.0 Å². The zero-order valence-electron chi connectivity index (χ0n) is 13.3. The van der Waals surface area contributed by atoms with Gasteiger partial charge in [-0.05, 0) is 37.0 Å². The van der Waals surface area contributed by atoms with Crippen LogP contribution in [0.25, 0.3) is 0 Å². The molecule has 0 radical (unpaired) electrons. The van der Waals surface area contributed by atoms with Crippen LogP contribution in [0.15, 0.2) is 24.3 Å². The summed E-state index contributed by atoms with van der Waals surface area (Å²) in [4.78, 5) is 11.9. The van der Waals surface area contributed by atoms with Crippen molar-refractivity contribution in [2.24, 2.45) is 0 Å². The molecule has 1 saturated heterocycles. The molecule has 5 nitrogen and oxygen atoms in total. The fourth-order valence-electron chi connectivity index (χ4n) is 2.58. The molecule has 1 amide bonds. The molecule has 6 heteroatoms. The van der Waals surface area contributed by atoms with Crippen molar-refractivity contribution in [2.45, 2.75) is 38.6 Å². The van der Waals surface area contributed by atoms with E-state index in [0.29, 0.717) is 18.1 Å². The van der Waals surface area contributed by atoms with E-state index >= 15 is 0 Å². The summed E-state index contributed by atoms with van der Waals surface area (Å²) >= 11 is 0. The lowest BCUT2D eigenvalue weighted by Crippen LogP contribution is -2.48. The van der Waals surface area contributed by atoms with Gasteiger partial charge in [0.25, 0.3) is 5.91 Å². The number of carbonyl (C=O) groups excluding carboxylic acids is 1. The smallest absolute Gasteiger partial charge is 0.258 e. The van der Waals surface area contributed by atoms with E-state index in [1.807, 2.05) is 24.3 Å². The summed E-state index contributed by atoms with van der Waals surface area (Å²) in [5.74, 6) is 0.897. The topological polar surface area (TPSA) is 72.5 Å². The Morgan fingerprint density at radius 1 is 1.32 bits per heavy atom. The molecule has 0 saturated carbocycles. The predicted octanol–water partition coefficient (Wildman–Crippen LogP) is 1.88. The van der Waals surface area contributed by atoms with E-state index in [-0.39, 0.29) is 24.0 Å². The molecule has 1 atom stereocenters. The average Bonchev–Trinajstić information content (AvgIpc) is 2.70. The summed E-state index contributed by atoms with van der Waals surface area (Å²) in [6, 6.07) is 7.63. The van der Waals surface area contributed by atoms with Gasteiger partial charge in [0.1, 0.15) is 5.75 Å². The molecule has 1 aromatic carbocycles. The Labute approximate surface area is 132 Å². The highest BCUT2D eigenvalue weighted by Crippen LogP contribution is 2.23. The summed E-state index contributed by atoms with van der Waals surface area (Å²) < 4.78 is 28.5. The van der Waals surface area contributed by atoms with Crippen LogP contribution in [0, 0.1) is 0 Å². The van der Waals surface area contributed by atoms with Crippen molar-refractivity contribution >= 4 is 15.7 Å². The van der Waals surface area contributed by atoms with E-state index in [1.54, 1.807) is 6.92 Å². The van der Waals surface area contributed by atoms with Crippen molar-refractivity contribution in [1.82, 2.24) is 5.32 Å². The van der Waals surface area contributed by atoms with Gasteiger partial charge in [0, 0.05) is 0 Å². The zero-order valence-corrected chi connectivity index (χ0v) is 14.1. The van der Waals surface area contributed by atoms with Gasteiger partial charge in [-0.15, -0.1) is 0 Å². The van der Waals surface area contributed by atoms with Crippen LogP contribution in [0.5, 0.6) is 5.75 Å². The Balaban J connectivity index is 1.85. The number of benzene rings is 1. The van der Waals surface area contributed by atoms with Crippen LogP contribution < -0.4 is 10.1 Å². The number of ether oxygens (including phenoxy) is 1. The molecule has 1 unspecified atom stereocenters. The molecule has 1 aliphatic heterocycles. The third-order valence-corrected chi connectivity index (χ3v) is 5.76. The quantitative estimate of drug-likeness (QED) is 0.897. The van der Waals surface area contributed by atoms with Crippen molar-refractivity contribution in [3.63, 3.8) is 0 Å². The molecule has 1 aromatic rings. The van der Waals surface area contributed by atoms with E-state index in [2.05, 4.69) is 19.2 Å². The number of hydrogen-bond donors (Lipinski definition) is 1. The fraction of sp³-hybridized carbons (Fsp3) is 0.562. The molecule has 1 aliphatic rings. The Morgan fingerprint density at radius 2 is 1.95 bits per heavy atom. The fourth-order valence-corrected chi connectivity index (χ4v) is 4.67. The lowest BCUT2D eigenvalue weighted by molar-refractivity contribution is -0.124. The second kappa shape index (κ2) is 6.28. The standard InChI is InChI=1S/C16H23NO4S/c1-12(2)13-4-6-14(7-5-13)21-10-15(18)17-16(3)8-9-22(19,20)11-16/h4-7,12H,8-11H2,1-3H3,(H,17,18). The zero-order chi connectivity index (χ0) is 16.4. The van der Waals surface area contributed by atoms with Gasteiger partial charge in [-0.1, -0.05) is 26.0 Å². The summed E-state index contributed by atoms with van der Waals surface area (Å²) in [6.45, 7) is 5.86. The molecule has 122 valence electrons. The lowest BCUT2D eigenvalue weighted by Gasteiger charge is -2.23. The molecule has 0 bridgehead atoms. The van der Waals surface area contributed by atoms with Crippen molar-refractivity contribution in [1.29, 1.82) is 0 Å². The highest BCUT2D eigenvalue weighted by molar-refractivity contribution is 7.91. The molecular weight excluding hydrogens is 302 g/mol. The number of carbonyl (C=O) groups is 1. The maximum Gasteiger partial charge on any atom is 0.258 e. The summed E-state index contributed by atoms with van der Waals surface area (Å²) in [5, 5.41) is 2.77. The van der Waals surface area contributed by atoms with Gasteiger partial charge >= 0.3 is 0 Å². The lowest BCUT2D eigenvalue weighted by atomic mass is 10.0. The minimum atomic E-state index is -3.04. The monoisotopic (exact) mass is 325 g/mol. The van der Waals surface area contributed by atoms with E-state index in [4.69, 9.17) is 4.74 Å². The molecule has 1 N–H and O–H groups in total. The van der Waals surface area contributed by atoms with E-state index < -0.39 is 15.4 Å². The van der Waals surface area contributed by atoms with Crippen molar-refractivity contribution in [3.8, 4) is 5.75 Å². The number of sulfone groups is 1. The minimum Gasteiger partial charge on any atom is -0.484 e. The molecule has 1 heterocycles. The molecule has 1 fully saturated rings. The van der Waals surface area contributed by atoms with Gasteiger partial charge in [0.2, 0.25) is 0 Å². The van der Waals surface area contributed by atoms with Crippen LogP contribution in [0.4, 0.5) is 0 Å². The largest absolute Gasteiger partial charge is 0.484 e. The highest BCUT2D eigenvalue weighted by atomic mass is 32.2. The summed E-state index contributed by atoms with van der Waals surface area (Å²) in [7, 11) is -3.04. The SMILES string of the molecule is CC(C)c1ccc(OCC(=O)NC2(C)CCS(=O)(=O)C2)cc1. The second-order valence-electron chi connectivity index (χ2n) is 6.46. The van der Waals surface area contributed by atoms with Crippen LogP contribution in [0.2, 0.25) is 0 Å². The van der Waals surface area contributed by atoms with Gasteiger partial charge < -0.3 is 10.1 Å². The average molecular weight is 325 g/mol. The predicted molar refractivity (Wildman–Crippen MR) is 85.8 cm³/mol. The highest BCUT2D eigenvalue weighted by Gasteiger charge is 2.39. The normalized spacial score (nSPS) is 23.5. The first-order chi connectivity index (χ1) is 10.2. The van der Waals surface area contributed by atoms with Crippen LogP contribution in [-0.2, 0) is 14.6 Å². The van der Waals surface area contributed by atoms with E-state index in [9.17, 15) is 13.2 Å². The van der Waals surface area contributed by atoms with Crippen LogP contribution in [0.1, 0.15) is 38.7 Å². The number of hydrogen-bond acceptors (Lipinski definition) is 4. The number of rotatable bonds is 5. The minimum absolute atomic E-state index is 0.00513. The number of amides is 1. The summed E-state index contributed by atoms with van der Waals surface area (Å²) in [5.41, 5.74) is 0.529. The Bertz CT molecular complexity index is 637. The van der Waals surface area contributed by atoms with Crippen LogP contribution in [-0.4, -0.2) is 38.0 Å². The molecule has 22 heavy (non-hydrogen) atoms. The van der Waals surface area contributed by atoms with Crippen molar-refractivity contribution in [3.05, 3.63) is 29.8 Å². The Morgan fingerprint density at radius 3 is 2.45 bits per heavy atom. The van der Waals surface area contributed by atoms with Crippen LogP contribution in [0.3, 0.4) is 0 Å². The first-order valence-corrected chi connectivity index (χ1v) is 9.25. The van der Waals surface area contributed by atoms with E-state index in [1.165, 1.54) is 5.56 Å². The maximum absolute atomic E-state index is 11.9. The Kier molecular flexibility index (Phi) is 4.80. The maximum atomic E-state index is 11.9. The number of nitrogens with one attached hydrogen (secondary N) is 1. The summed E-state index contributed by atoms with van der Waals surface area (Å²) in [6.07, 6.45) is 0.449. The molecule has 0 aromatic heterocycles. The van der Waals surface area contributed by atoms with Crippen molar-refractivity contribution < 1.29 is 17.9 Å². The first-order valence-electron chi connectivity index (χ1n) is 7.43. The van der Waals surface area contributed by atoms with Gasteiger partial charge in [-0.3, -0.25) is 4.79 Å². The van der Waals surface area contributed by atoms with Crippen LogP contribution >= 0.6 is 0 Å². The third kappa shape index (κ3) is 4.47. The second-order valence-corrected chi connectivity index (χ2v) is 8.65. The van der Waals surface area contributed by atoms with Crippen molar-refractivity contribution in [2.75, 3.05) is 18.1 Å². The Hall–Kier alpha value is -1.56. The van der Waals surface area contributed by atoms with E-state index in [0.717, 1.165) is 0 Å². The molecule has 0 aliphatic carbocycles. The molecule has 2 rings (SSSR count). The third-order valence-electron chi connectivity index (χ3n) is 3.86. The first kappa shape index (κ1) is 16.8. The van der Waals surface area contributed by atoms with Gasteiger partial charge in [-0.25, -0.2) is 8.42 Å². The molecular formula is C16H23NO4S. The van der Waals surface area contributed by atoms with Gasteiger partial charge in [-0.2, -0.15) is 0 Å². The van der Waals surface area contributed by atoms with Gasteiger partial charge in [0.15, 0.2) is 16.4 Å². The molecule has 0 spiro atoms.